The molecule has 3 amide bonds. The first kappa shape index (κ1) is 22.4. The molecule has 0 bridgehead atoms. The topological polar surface area (TPSA) is 73.5 Å². The zero-order valence-electron chi connectivity index (χ0n) is 19.4. The van der Waals surface area contributed by atoms with Gasteiger partial charge in [-0.3, -0.25) is 4.79 Å². The van der Waals surface area contributed by atoms with E-state index in [4.69, 9.17) is 0 Å². The Balaban J connectivity index is 1.54. The van der Waals surface area contributed by atoms with Gasteiger partial charge in [-0.2, -0.15) is 0 Å². The molecule has 1 aliphatic rings. The van der Waals surface area contributed by atoms with Crippen LogP contribution in [0.15, 0.2) is 60.7 Å². The summed E-state index contributed by atoms with van der Waals surface area (Å²) in [6.45, 7) is 7.94. The molecule has 6 heteroatoms. The lowest BCUT2D eigenvalue weighted by molar-refractivity contribution is 0.102. The maximum absolute atomic E-state index is 12.8. The van der Waals surface area contributed by atoms with E-state index in [1.165, 1.54) is 5.56 Å². The van der Waals surface area contributed by atoms with E-state index in [9.17, 15) is 9.59 Å². The quantitative estimate of drug-likeness (QED) is 0.446. The van der Waals surface area contributed by atoms with E-state index < -0.39 is 0 Å². The molecule has 1 saturated heterocycles. The van der Waals surface area contributed by atoms with Crippen molar-refractivity contribution in [2.75, 3.05) is 33.9 Å². The maximum Gasteiger partial charge on any atom is 0.323 e. The Morgan fingerprint density at radius 3 is 2.09 bits per heavy atom. The molecular weight excluding hydrogens is 412 g/mol. The second-order valence-electron chi connectivity index (χ2n) is 8.62. The molecule has 33 heavy (non-hydrogen) atoms. The number of anilines is 4. The summed E-state index contributed by atoms with van der Waals surface area (Å²) in [5.74, 6) is -0.186. The predicted octanol–water partition coefficient (Wildman–Crippen LogP) is 6.11. The van der Waals surface area contributed by atoms with Gasteiger partial charge in [0.15, 0.2) is 0 Å². The van der Waals surface area contributed by atoms with Crippen molar-refractivity contribution in [2.45, 2.75) is 33.6 Å². The molecule has 0 radical (unpaired) electrons. The first-order valence-corrected chi connectivity index (χ1v) is 11.3. The summed E-state index contributed by atoms with van der Waals surface area (Å²) in [7, 11) is 0. The zero-order valence-corrected chi connectivity index (χ0v) is 19.4. The number of hydrogen-bond acceptors (Lipinski definition) is 3. The van der Waals surface area contributed by atoms with E-state index in [0.717, 1.165) is 48.4 Å². The number of aryl methyl sites for hydroxylation is 3. The van der Waals surface area contributed by atoms with Crippen LogP contribution in [0, 0.1) is 20.8 Å². The Morgan fingerprint density at radius 1 is 0.727 bits per heavy atom. The van der Waals surface area contributed by atoms with Crippen molar-refractivity contribution in [1.29, 1.82) is 0 Å². The van der Waals surface area contributed by atoms with E-state index in [-0.39, 0.29) is 11.9 Å². The number of rotatable bonds is 5. The van der Waals surface area contributed by atoms with Gasteiger partial charge in [-0.05, 0) is 87.2 Å². The third-order valence-electron chi connectivity index (χ3n) is 6.03. The van der Waals surface area contributed by atoms with Gasteiger partial charge in [0, 0.05) is 30.0 Å². The van der Waals surface area contributed by atoms with Crippen LogP contribution >= 0.6 is 0 Å². The van der Waals surface area contributed by atoms with E-state index >= 15 is 0 Å². The van der Waals surface area contributed by atoms with Gasteiger partial charge in [-0.1, -0.05) is 23.8 Å². The highest BCUT2D eigenvalue weighted by atomic mass is 16.2. The largest absolute Gasteiger partial charge is 0.370 e. The van der Waals surface area contributed by atoms with Gasteiger partial charge in [0.1, 0.15) is 0 Å². The van der Waals surface area contributed by atoms with Crippen LogP contribution < -0.4 is 20.9 Å². The van der Waals surface area contributed by atoms with Crippen molar-refractivity contribution >= 4 is 34.7 Å². The standard InChI is InChI=1S/C27H30N4O2/c1-18-6-9-21(10-7-18)26(32)28-23-12-13-25(31-14-4-5-15-31)24(17-23)30-27(33)29-22-11-8-19(2)20(3)16-22/h6-13,16-17H,4-5,14-15H2,1-3H3,(H,28,32)(H2,29,30,33). The molecule has 1 aliphatic heterocycles. The van der Waals surface area contributed by atoms with Crippen LogP contribution in [0.1, 0.15) is 39.9 Å². The summed E-state index contributed by atoms with van der Waals surface area (Å²) in [4.78, 5) is 27.7. The summed E-state index contributed by atoms with van der Waals surface area (Å²) >= 11 is 0. The second-order valence-corrected chi connectivity index (χ2v) is 8.62. The fourth-order valence-corrected chi connectivity index (χ4v) is 3.96. The summed E-state index contributed by atoms with van der Waals surface area (Å²) < 4.78 is 0. The van der Waals surface area contributed by atoms with Crippen LogP contribution in [-0.4, -0.2) is 25.0 Å². The summed E-state index contributed by atoms with van der Waals surface area (Å²) in [5, 5.41) is 8.84. The lowest BCUT2D eigenvalue weighted by atomic mass is 10.1. The maximum atomic E-state index is 12.8. The van der Waals surface area contributed by atoms with Crippen molar-refractivity contribution in [3.05, 3.63) is 82.9 Å². The Kier molecular flexibility index (Phi) is 6.63. The highest BCUT2D eigenvalue weighted by molar-refractivity contribution is 6.06. The molecule has 170 valence electrons. The van der Waals surface area contributed by atoms with Crippen molar-refractivity contribution in [3.63, 3.8) is 0 Å². The van der Waals surface area contributed by atoms with Crippen molar-refractivity contribution in [1.82, 2.24) is 0 Å². The average molecular weight is 443 g/mol. The lowest BCUT2D eigenvalue weighted by Gasteiger charge is -2.22. The van der Waals surface area contributed by atoms with Crippen LogP contribution in [0.3, 0.4) is 0 Å². The van der Waals surface area contributed by atoms with Gasteiger partial charge in [0.2, 0.25) is 0 Å². The van der Waals surface area contributed by atoms with Gasteiger partial charge in [0.25, 0.3) is 5.91 Å². The van der Waals surface area contributed by atoms with E-state index in [2.05, 4.69) is 20.9 Å². The Bertz CT molecular complexity index is 1170. The number of nitrogens with one attached hydrogen (secondary N) is 3. The molecule has 0 saturated carbocycles. The summed E-state index contributed by atoms with van der Waals surface area (Å²) in [5.41, 5.74) is 6.97. The van der Waals surface area contributed by atoms with E-state index in [1.54, 1.807) is 12.1 Å². The van der Waals surface area contributed by atoms with Crippen LogP contribution in [0.5, 0.6) is 0 Å². The second kappa shape index (κ2) is 9.77. The molecule has 0 spiro atoms. The van der Waals surface area contributed by atoms with Gasteiger partial charge in [0.05, 0.1) is 11.4 Å². The Hall–Kier alpha value is -3.80. The van der Waals surface area contributed by atoms with Crippen molar-refractivity contribution in [3.8, 4) is 0 Å². The molecule has 1 heterocycles. The number of carbonyl (C=O) groups excluding carboxylic acids is 2. The predicted molar refractivity (Wildman–Crippen MR) is 136 cm³/mol. The fraction of sp³-hybridized carbons (Fsp3) is 0.259. The number of nitrogens with zero attached hydrogens (tertiary/aromatic N) is 1. The number of carbonyl (C=O) groups is 2. The van der Waals surface area contributed by atoms with Crippen molar-refractivity contribution in [2.24, 2.45) is 0 Å². The minimum absolute atomic E-state index is 0.186. The molecule has 3 N–H and O–H groups in total. The number of benzene rings is 3. The molecule has 3 aromatic carbocycles. The minimum Gasteiger partial charge on any atom is -0.370 e. The molecule has 3 aromatic rings. The minimum atomic E-state index is -0.319. The van der Waals surface area contributed by atoms with Gasteiger partial charge in [-0.15, -0.1) is 0 Å². The monoisotopic (exact) mass is 442 g/mol. The average Bonchev–Trinajstić information content (AvgIpc) is 3.31. The van der Waals surface area contributed by atoms with Crippen LogP contribution in [0.2, 0.25) is 0 Å². The Labute approximate surface area is 195 Å². The highest BCUT2D eigenvalue weighted by Gasteiger charge is 2.18. The number of hydrogen-bond donors (Lipinski definition) is 3. The lowest BCUT2D eigenvalue weighted by Crippen LogP contribution is -2.24. The highest BCUT2D eigenvalue weighted by Crippen LogP contribution is 2.32. The van der Waals surface area contributed by atoms with Crippen LogP contribution in [0.25, 0.3) is 0 Å². The number of amides is 3. The fourth-order valence-electron chi connectivity index (χ4n) is 3.96. The summed E-state index contributed by atoms with van der Waals surface area (Å²) in [6, 6.07) is 18.6. The van der Waals surface area contributed by atoms with Gasteiger partial charge < -0.3 is 20.9 Å². The molecule has 4 rings (SSSR count). The molecular formula is C27H30N4O2. The van der Waals surface area contributed by atoms with Gasteiger partial charge in [-0.25, -0.2) is 4.79 Å². The molecule has 0 aliphatic carbocycles. The Morgan fingerprint density at radius 2 is 1.39 bits per heavy atom. The zero-order chi connectivity index (χ0) is 23.4. The smallest absolute Gasteiger partial charge is 0.323 e. The van der Waals surface area contributed by atoms with Crippen LogP contribution in [0.4, 0.5) is 27.5 Å². The van der Waals surface area contributed by atoms with Gasteiger partial charge >= 0.3 is 6.03 Å². The normalized spacial score (nSPS) is 13.0. The van der Waals surface area contributed by atoms with Crippen LogP contribution in [-0.2, 0) is 0 Å². The van der Waals surface area contributed by atoms with E-state index in [1.807, 2.05) is 69.3 Å². The molecule has 6 nitrogen and oxygen atoms in total. The summed E-state index contributed by atoms with van der Waals surface area (Å²) in [6.07, 6.45) is 2.25. The third-order valence-corrected chi connectivity index (χ3v) is 6.03. The third kappa shape index (κ3) is 5.52. The SMILES string of the molecule is Cc1ccc(C(=O)Nc2ccc(N3CCCC3)c(NC(=O)Nc3ccc(C)c(C)c3)c2)cc1. The van der Waals surface area contributed by atoms with Crippen molar-refractivity contribution < 1.29 is 9.59 Å². The van der Waals surface area contributed by atoms with E-state index in [0.29, 0.717) is 16.9 Å². The molecule has 0 atom stereocenters. The first-order chi connectivity index (χ1) is 15.9. The number of urea groups is 1. The molecule has 0 unspecified atom stereocenters. The molecule has 1 fully saturated rings. The molecule has 0 aromatic heterocycles. The first-order valence-electron chi connectivity index (χ1n) is 11.3.